The molecule has 0 unspecified atom stereocenters. The fourth-order valence-corrected chi connectivity index (χ4v) is 5.49. The average molecular weight is 575 g/mol. The molecule has 1 atom stereocenters. The molecule has 1 amide bonds. The number of fused-ring (bicyclic) bond motifs is 1. The SMILES string of the molecule is C[C@@H](c1ccc(F)c(F)c1)n1cccc(C(=O)NCc2ccc3ncc(NC4CCN(C5COC5)CC4)nc3c2)c1=O. The molecule has 0 spiro atoms. The number of nitrogens with zero attached hydrogens (tertiary/aromatic N) is 4. The number of nitrogens with one attached hydrogen (secondary N) is 2. The van der Waals surface area contributed by atoms with Crippen LogP contribution in [-0.2, 0) is 11.3 Å². The first kappa shape index (κ1) is 27.9. The summed E-state index contributed by atoms with van der Waals surface area (Å²) in [4.78, 5) is 37.9. The number of benzene rings is 2. The highest BCUT2D eigenvalue weighted by atomic mass is 19.2. The lowest BCUT2D eigenvalue weighted by Gasteiger charge is -2.41. The van der Waals surface area contributed by atoms with E-state index in [9.17, 15) is 18.4 Å². The lowest BCUT2D eigenvalue weighted by molar-refractivity contribution is -0.0705. The van der Waals surface area contributed by atoms with E-state index in [1.165, 1.54) is 22.9 Å². The maximum Gasteiger partial charge on any atom is 0.263 e. The van der Waals surface area contributed by atoms with Crippen molar-refractivity contribution >= 4 is 22.8 Å². The number of hydrogen-bond donors (Lipinski definition) is 2. The third-order valence-corrected chi connectivity index (χ3v) is 8.14. The zero-order valence-electron chi connectivity index (χ0n) is 23.2. The van der Waals surface area contributed by atoms with Gasteiger partial charge in [0.05, 0.1) is 42.5 Å². The molecule has 0 bridgehead atoms. The van der Waals surface area contributed by atoms with Crippen molar-refractivity contribution in [3.63, 3.8) is 0 Å². The van der Waals surface area contributed by atoms with Gasteiger partial charge in [-0.25, -0.2) is 13.8 Å². The fraction of sp³-hybridized carbons (Fsp3) is 0.355. The van der Waals surface area contributed by atoms with Crippen molar-refractivity contribution in [2.24, 2.45) is 0 Å². The molecule has 2 N–H and O–H groups in total. The number of hydrogen-bond acceptors (Lipinski definition) is 7. The molecule has 2 saturated heterocycles. The Hall–Kier alpha value is -4.22. The first-order chi connectivity index (χ1) is 20.4. The van der Waals surface area contributed by atoms with Crippen molar-refractivity contribution < 1.29 is 18.3 Å². The Balaban J connectivity index is 1.10. The molecule has 0 radical (unpaired) electrons. The first-order valence-electron chi connectivity index (χ1n) is 14.1. The Morgan fingerprint density at radius 2 is 1.88 bits per heavy atom. The number of ether oxygens (including phenoxy) is 1. The molecule has 2 fully saturated rings. The maximum absolute atomic E-state index is 13.8. The van der Waals surface area contributed by atoms with Gasteiger partial charge in [0.15, 0.2) is 11.6 Å². The minimum atomic E-state index is -0.996. The average Bonchev–Trinajstić information content (AvgIpc) is 2.97. The van der Waals surface area contributed by atoms with E-state index >= 15 is 0 Å². The molecule has 2 aliphatic heterocycles. The molecule has 2 aromatic heterocycles. The Morgan fingerprint density at radius 1 is 1.07 bits per heavy atom. The van der Waals surface area contributed by atoms with Gasteiger partial charge >= 0.3 is 0 Å². The van der Waals surface area contributed by atoms with Gasteiger partial charge < -0.3 is 19.9 Å². The zero-order chi connectivity index (χ0) is 29.2. The Morgan fingerprint density at radius 3 is 2.62 bits per heavy atom. The smallest absolute Gasteiger partial charge is 0.263 e. The van der Waals surface area contributed by atoms with Crippen molar-refractivity contribution in [1.82, 2.24) is 24.8 Å². The predicted octanol–water partition coefficient (Wildman–Crippen LogP) is 3.88. The molecule has 0 aliphatic carbocycles. The lowest BCUT2D eigenvalue weighted by Crippen LogP contribution is -2.53. The molecule has 0 saturated carbocycles. The largest absolute Gasteiger partial charge is 0.378 e. The summed E-state index contributed by atoms with van der Waals surface area (Å²) in [5.41, 5.74) is 2.10. The molecule has 4 aromatic rings. The monoisotopic (exact) mass is 574 g/mol. The van der Waals surface area contributed by atoms with Crippen LogP contribution in [0.5, 0.6) is 0 Å². The number of anilines is 1. The number of rotatable bonds is 8. The lowest BCUT2D eigenvalue weighted by atomic mass is 10.0. The van der Waals surface area contributed by atoms with E-state index in [1.54, 1.807) is 19.2 Å². The number of piperidine rings is 1. The molecule has 6 rings (SSSR count). The van der Waals surface area contributed by atoms with Crippen LogP contribution in [-0.4, -0.2) is 63.7 Å². The van der Waals surface area contributed by atoms with Gasteiger partial charge in [-0.3, -0.25) is 19.5 Å². The molecule has 218 valence electrons. The maximum atomic E-state index is 13.8. The van der Waals surface area contributed by atoms with Gasteiger partial charge in [-0.2, -0.15) is 0 Å². The fourth-order valence-electron chi connectivity index (χ4n) is 5.49. The number of carbonyl (C=O) groups is 1. The summed E-state index contributed by atoms with van der Waals surface area (Å²) < 4.78 is 33.8. The van der Waals surface area contributed by atoms with Crippen LogP contribution in [0, 0.1) is 11.6 Å². The second-order valence-electron chi connectivity index (χ2n) is 10.9. The number of carbonyl (C=O) groups excluding carboxylic acids is 1. The summed E-state index contributed by atoms with van der Waals surface area (Å²) in [7, 11) is 0. The molecule has 42 heavy (non-hydrogen) atoms. The minimum absolute atomic E-state index is 0.0464. The van der Waals surface area contributed by atoms with Gasteiger partial charge in [0.2, 0.25) is 0 Å². The summed E-state index contributed by atoms with van der Waals surface area (Å²) in [6.07, 6.45) is 5.33. The highest BCUT2D eigenvalue weighted by Crippen LogP contribution is 2.22. The minimum Gasteiger partial charge on any atom is -0.378 e. The Kier molecular flexibility index (Phi) is 7.94. The predicted molar refractivity (Wildman–Crippen MR) is 154 cm³/mol. The molecule has 9 nitrogen and oxygen atoms in total. The number of likely N-dealkylation sites (tertiary alicyclic amines) is 1. The normalized spacial score (nSPS) is 17.1. The van der Waals surface area contributed by atoms with Crippen LogP contribution < -0.4 is 16.2 Å². The summed E-state index contributed by atoms with van der Waals surface area (Å²) in [6.45, 7) is 5.60. The molecule has 2 aromatic carbocycles. The van der Waals surface area contributed by atoms with Crippen LogP contribution in [0.2, 0.25) is 0 Å². The third-order valence-electron chi connectivity index (χ3n) is 8.14. The van der Waals surface area contributed by atoms with Crippen molar-refractivity contribution in [3.8, 4) is 0 Å². The van der Waals surface area contributed by atoms with Gasteiger partial charge in [0, 0.05) is 31.9 Å². The van der Waals surface area contributed by atoms with Crippen LogP contribution in [0.4, 0.5) is 14.6 Å². The number of amides is 1. The van der Waals surface area contributed by atoms with E-state index in [1.807, 2.05) is 18.2 Å². The second-order valence-corrected chi connectivity index (χ2v) is 10.9. The van der Waals surface area contributed by atoms with Crippen LogP contribution >= 0.6 is 0 Å². The topological polar surface area (TPSA) is 101 Å². The summed E-state index contributed by atoms with van der Waals surface area (Å²) >= 11 is 0. The van der Waals surface area contributed by atoms with Gasteiger partial charge in [0.25, 0.3) is 11.5 Å². The number of aromatic nitrogens is 3. The van der Waals surface area contributed by atoms with Gasteiger partial charge in [-0.15, -0.1) is 0 Å². The van der Waals surface area contributed by atoms with Gasteiger partial charge in [0.1, 0.15) is 11.4 Å². The standard InChI is InChI=1S/C31H32F2N6O3/c1-19(21-5-6-25(32)26(33)14-21)39-10-2-3-24(31(39)41)30(40)35-15-20-4-7-27-28(13-20)37-29(16-34-27)36-22-8-11-38(12-9-22)23-17-42-18-23/h2-7,10,13-14,16,19,22-23H,8-9,11-12,15,17-18H2,1H3,(H,35,40)(H,36,37)/t19-/m0/s1. The van der Waals surface area contributed by atoms with E-state index in [2.05, 4.69) is 20.5 Å². The summed E-state index contributed by atoms with van der Waals surface area (Å²) in [5.74, 6) is -1.78. The van der Waals surface area contributed by atoms with Crippen molar-refractivity contribution in [2.75, 3.05) is 31.6 Å². The van der Waals surface area contributed by atoms with E-state index in [0.717, 1.165) is 62.4 Å². The van der Waals surface area contributed by atoms with Crippen molar-refractivity contribution in [3.05, 3.63) is 99.6 Å². The van der Waals surface area contributed by atoms with Gasteiger partial charge in [-0.05, 0) is 67.3 Å². The second kappa shape index (κ2) is 11.9. The van der Waals surface area contributed by atoms with Crippen molar-refractivity contribution in [1.29, 1.82) is 0 Å². The van der Waals surface area contributed by atoms with E-state index in [4.69, 9.17) is 9.72 Å². The molecular formula is C31H32F2N6O3. The summed E-state index contributed by atoms with van der Waals surface area (Å²) in [6, 6.07) is 12.4. The zero-order valence-corrected chi connectivity index (χ0v) is 23.2. The Bertz CT molecular complexity index is 1670. The van der Waals surface area contributed by atoms with E-state index in [-0.39, 0.29) is 12.1 Å². The number of pyridine rings is 1. The molecule has 2 aliphatic rings. The summed E-state index contributed by atoms with van der Waals surface area (Å²) in [5, 5.41) is 6.33. The molecular weight excluding hydrogens is 542 g/mol. The molecule has 11 heteroatoms. The Labute approximate surface area is 241 Å². The van der Waals surface area contributed by atoms with E-state index < -0.39 is 29.1 Å². The van der Waals surface area contributed by atoms with E-state index in [0.29, 0.717) is 29.0 Å². The van der Waals surface area contributed by atoms with Crippen LogP contribution in [0.1, 0.15) is 47.3 Å². The van der Waals surface area contributed by atoms with Crippen LogP contribution in [0.15, 0.2) is 65.7 Å². The number of halogens is 2. The first-order valence-corrected chi connectivity index (χ1v) is 14.1. The van der Waals surface area contributed by atoms with Gasteiger partial charge in [-0.1, -0.05) is 12.1 Å². The third kappa shape index (κ3) is 5.88. The quantitative estimate of drug-likeness (QED) is 0.329. The molecule has 4 heterocycles. The highest BCUT2D eigenvalue weighted by molar-refractivity contribution is 5.93. The van der Waals surface area contributed by atoms with Crippen LogP contribution in [0.25, 0.3) is 11.0 Å². The highest BCUT2D eigenvalue weighted by Gasteiger charge is 2.29. The van der Waals surface area contributed by atoms with Crippen molar-refractivity contribution in [2.45, 2.75) is 44.4 Å². The van der Waals surface area contributed by atoms with Crippen LogP contribution in [0.3, 0.4) is 0 Å².